The van der Waals surface area contributed by atoms with Crippen molar-refractivity contribution in [3.8, 4) is 0 Å². The number of halogens is 1. The van der Waals surface area contributed by atoms with Crippen LogP contribution in [0.25, 0.3) is 0 Å². The molecular weight excluding hydrogens is 112 g/mol. The Balaban J connectivity index is 2.79. The molecule has 2 nitrogen and oxygen atoms in total. The van der Waals surface area contributed by atoms with Crippen molar-refractivity contribution >= 4 is 17.8 Å². The molecule has 1 heterocycles. The van der Waals surface area contributed by atoms with Crippen LogP contribution < -0.4 is 5.43 Å². The lowest BCUT2D eigenvalue weighted by molar-refractivity contribution is 0.896. The second-order valence-electron chi connectivity index (χ2n) is 1.28. The van der Waals surface area contributed by atoms with E-state index in [0.29, 0.717) is 5.03 Å². The summed E-state index contributed by atoms with van der Waals surface area (Å²) in [5.74, 6) is 0. The van der Waals surface area contributed by atoms with Crippen molar-refractivity contribution in [3.63, 3.8) is 0 Å². The van der Waals surface area contributed by atoms with E-state index in [9.17, 15) is 0 Å². The Morgan fingerprint density at radius 2 is 2.43 bits per heavy atom. The minimum atomic E-state index is 0.639. The van der Waals surface area contributed by atoms with Gasteiger partial charge in [0.1, 0.15) is 0 Å². The second-order valence-corrected chi connectivity index (χ2v) is 1.69. The average Bonchev–Trinajstić information content (AvgIpc) is 1.91. The van der Waals surface area contributed by atoms with E-state index in [2.05, 4.69) is 10.5 Å². The molecule has 1 rings (SSSR count). The first-order valence-electron chi connectivity index (χ1n) is 1.91. The Hall–Kier alpha value is -0.500. The molecule has 3 heteroatoms. The van der Waals surface area contributed by atoms with E-state index in [-0.39, 0.29) is 0 Å². The Bertz CT molecular complexity index is 137. The molecule has 0 atom stereocenters. The number of hydrogen-bond donors (Lipinski definition) is 0. The third-order valence-electron chi connectivity index (χ3n) is 0.724. The van der Waals surface area contributed by atoms with Crippen LogP contribution >= 0.6 is 11.6 Å². The van der Waals surface area contributed by atoms with Gasteiger partial charge in [0.2, 0.25) is 0 Å². The van der Waals surface area contributed by atoms with Crippen LogP contribution in [0.4, 0.5) is 0 Å². The predicted octanol–water partition coefficient (Wildman–Crippen LogP) is 1.06. The van der Waals surface area contributed by atoms with Crippen molar-refractivity contribution in [2.45, 2.75) is 6.92 Å². The molecular formula is C4H4ClN2. The summed E-state index contributed by atoms with van der Waals surface area (Å²) in [5.41, 5.74) is 4.43. The van der Waals surface area contributed by atoms with Crippen LogP contribution in [0, 0.1) is 0 Å². The van der Waals surface area contributed by atoms with Crippen LogP contribution in [0.5, 0.6) is 0 Å². The molecule has 0 aromatic carbocycles. The van der Waals surface area contributed by atoms with Crippen LogP contribution in [0.15, 0.2) is 15.8 Å². The lowest BCUT2D eigenvalue weighted by Crippen LogP contribution is -1.83. The van der Waals surface area contributed by atoms with Gasteiger partial charge in [-0.2, -0.15) is 10.5 Å². The highest BCUT2D eigenvalue weighted by molar-refractivity contribution is 6.39. The van der Waals surface area contributed by atoms with Crippen molar-refractivity contribution in [1.29, 1.82) is 0 Å². The zero-order valence-electron chi connectivity index (χ0n) is 3.85. The highest BCUT2D eigenvalue weighted by Gasteiger charge is 2.01. The molecule has 0 fully saturated rings. The molecule has 0 bridgehead atoms. The maximum atomic E-state index is 5.50. The lowest BCUT2D eigenvalue weighted by atomic mass is 10.5. The van der Waals surface area contributed by atoms with E-state index in [0.717, 1.165) is 5.70 Å². The Labute approximate surface area is 46.9 Å². The van der Waals surface area contributed by atoms with Crippen molar-refractivity contribution in [2.75, 3.05) is 0 Å². The zero-order valence-corrected chi connectivity index (χ0v) is 4.61. The number of nitrogens with zero attached hydrogens (tertiary/aromatic N) is 2. The van der Waals surface area contributed by atoms with E-state index in [1.54, 1.807) is 0 Å². The molecule has 0 aromatic rings. The summed E-state index contributed by atoms with van der Waals surface area (Å²) >= 11 is 5.50. The van der Waals surface area contributed by atoms with E-state index in [1.165, 1.54) is 6.21 Å². The van der Waals surface area contributed by atoms with Crippen LogP contribution in [-0.2, 0) is 0 Å². The zero-order chi connectivity index (χ0) is 5.28. The van der Waals surface area contributed by atoms with Gasteiger partial charge in [0.25, 0.3) is 0 Å². The molecule has 0 spiro atoms. The minimum Gasteiger partial charge on any atom is -0.157 e. The second kappa shape index (κ2) is 1.54. The summed E-state index contributed by atoms with van der Waals surface area (Å²) < 4.78 is 0. The van der Waals surface area contributed by atoms with Gasteiger partial charge in [-0.25, -0.2) is 0 Å². The third-order valence-corrected chi connectivity index (χ3v) is 1.10. The van der Waals surface area contributed by atoms with Crippen molar-refractivity contribution in [2.24, 2.45) is 5.10 Å². The highest BCUT2D eigenvalue weighted by Crippen LogP contribution is 2.08. The largest absolute Gasteiger partial charge is 0.157 e. The SMILES string of the molecule is CC1=C(Cl)C=N[N]1. The van der Waals surface area contributed by atoms with Gasteiger partial charge in [-0.1, -0.05) is 11.6 Å². The smallest absolute Gasteiger partial charge is 0.0838 e. The summed E-state index contributed by atoms with van der Waals surface area (Å²) in [7, 11) is 0. The fourth-order valence-electron chi connectivity index (χ4n) is 0.307. The van der Waals surface area contributed by atoms with E-state index < -0.39 is 0 Å². The monoisotopic (exact) mass is 115 g/mol. The minimum absolute atomic E-state index is 0.639. The molecule has 0 saturated heterocycles. The van der Waals surface area contributed by atoms with Gasteiger partial charge in [0.15, 0.2) is 0 Å². The van der Waals surface area contributed by atoms with Gasteiger partial charge in [-0.05, 0) is 6.92 Å². The number of rotatable bonds is 0. The molecule has 1 aliphatic rings. The summed E-state index contributed by atoms with van der Waals surface area (Å²) in [5, 5.41) is 4.18. The molecule has 37 valence electrons. The Morgan fingerprint density at radius 3 is 2.57 bits per heavy atom. The molecule has 1 aliphatic heterocycles. The Morgan fingerprint density at radius 1 is 1.71 bits per heavy atom. The molecule has 7 heavy (non-hydrogen) atoms. The molecule has 0 aromatic heterocycles. The van der Waals surface area contributed by atoms with Gasteiger partial charge in [0, 0.05) is 0 Å². The first kappa shape index (κ1) is 4.65. The van der Waals surface area contributed by atoms with Crippen LogP contribution in [0.3, 0.4) is 0 Å². The lowest BCUT2D eigenvalue weighted by Gasteiger charge is -1.82. The first-order valence-corrected chi connectivity index (χ1v) is 2.29. The first-order chi connectivity index (χ1) is 3.30. The molecule has 1 radical (unpaired) electrons. The van der Waals surface area contributed by atoms with Crippen LogP contribution in [-0.4, -0.2) is 6.21 Å². The normalized spacial score (nSPS) is 18.0. The average molecular weight is 116 g/mol. The Kier molecular flexibility index (Phi) is 1.02. The fraction of sp³-hybridized carbons (Fsp3) is 0.250. The van der Waals surface area contributed by atoms with Gasteiger partial charge < -0.3 is 0 Å². The summed E-state index contributed by atoms with van der Waals surface area (Å²) in [6.07, 6.45) is 1.52. The predicted molar refractivity (Wildman–Crippen MR) is 29.2 cm³/mol. The topological polar surface area (TPSA) is 26.5 Å². The highest BCUT2D eigenvalue weighted by atomic mass is 35.5. The van der Waals surface area contributed by atoms with Gasteiger partial charge >= 0.3 is 0 Å². The van der Waals surface area contributed by atoms with Gasteiger partial charge in [-0.15, -0.1) is 0 Å². The fourth-order valence-corrected chi connectivity index (χ4v) is 0.389. The van der Waals surface area contributed by atoms with Crippen LogP contribution in [0.1, 0.15) is 6.92 Å². The molecule has 0 aliphatic carbocycles. The maximum Gasteiger partial charge on any atom is 0.0838 e. The maximum absolute atomic E-state index is 5.50. The quantitative estimate of drug-likeness (QED) is 0.451. The summed E-state index contributed by atoms with van der Waals surface area (Å²) in [6.45, 7) is 1.81. The standard InChI is InChI=1S/C4H4ClN2/c1-3-4(5)2-6-7-3/h2H,1H3. The molecule has 0 N–H and O–H groups in total. The van der Waals surface area contributed by atoms with E-state index in [4.69, 9.17) is 11.6 Å². The van der Waals surface area contributed by atoms with E-state index >= 15 is 0 Å². The van der Waals surface area contributed by atoms with Crippen molar-refractivity contribution in [3.05, 3.63) is 10.7 Å². The van der Waals surface area contributed by atoms with Crippen LogP contribution in [0.2, 0.25) is 0 Å². The summed E-state index contributed by atoms with van der Waals surface area (Å²) in [6, 6.07) is 0. The number of allylic oxidation sites excluding steroid dienone is 2. The van der Waals surface area contributed by atoms with Crippen molar-refractivity contribution < 1.29 is 0 Å². The van der Waals surface area contributed by atoms with Gasteiger partial charge in [0.05, 0.1) is 16.9 Å². The van der Waals surface area contributed by atoms with Crippen molar-refractivity contribution in [1.82, 2.24) is 5.43 Å². The van der Waals surface area contributed by atoms with Gasteiger partial charge in [-0.3, -0.25) is 0 Å². The molecule has 0 unspecified atom stereocenters. The summed E-state index contributed by atoms with van der Waals surface area (Å²) in [4.78, 5) is 0. The number of hydrogen-bond acceptors (Lipinski definition) is 1. The third kappa shape index (κ3) is 0.747. The molecule has 0 saturated carbocycles. The molecule has 0 amide bonds. The van der Waals surface area contributed by atoms with E-state index in [1.807, 2.05) is 6.92 Å².